The molecule has 35 heavy (non-hydrogen) atoms. The number of benzene rings is 1. The average Bonchev–Trinajstić information content (AvgIpc) is 3.36. The Morgan fingerprint density at radius 3 is 2.31 bits per heavy atom. The fourth-order valence-corrected chi connectivity index (χ4v) is 5.03. The van der Waals surface area contributed by atoms with Crippen LogP contribution in [0, 0.1) is 0 Å². The van der Waals surface area contributed by atoms with Crippen LogP contribution >= 0.6 is 11.3 Å². The minimum absolute atomic E-state index is 0.0612. The zero-order valence-corrected chi connectivity index (χ0v) is 21.2. The minimum atomic E-state index is -1.06. The molecule has 2 N–H and O–H groups in total. The van der Waals surface area contributed by atoms with Crippen LogP contribution < -0.4 is 5.32 Å². The Morgan fingerprint density at radius 1 is 1.03 bits per heavy atom. The number of carboxylic acid groups (broad SMARTS) is 1. The van der Waals surface area contributed by atoms with Crippen molar-refractivity contribution in [1.29, 1.82) is 0 Å². The van der Waals surface area contributed by atoms with E-state index in [1.54, 1.807) is 6.07 Å². The number of nitrogens with one attached hydrogen (secondary N) is 1. The predicted molar refractivity (Wildman–Crippen MR) is 140 cm³/mol. The minimum Gasteiger partial charge on any atom is -0.480 e. The monoisotopic (exact) mass is 489 g/mol. The van der Waals surface area contributed by atoms with Crippen molar-refractivity contribution in [2.75, 3.05) is 0 Å². The highest BCUT2D eigenvalue weighted by Gasteiger charge is 2.24. The van der Waals surface area contributed by atoms with E-state index in [4.69, 9.17) is 0 Å². The van der Waals surface area contributed by atoms with Crippen LogP contribution in [0.5, 0.6) is 0 Å². The van der Waals surface area contributed by atoms with E-state index in [9.17, 15) is 14.7 Å². The molecule has 1 aliphatic carbocycles. The largest absolute Gasteiger partial charge is 0.480 e. The second-order valence-corrected chi connectivity index (χ2v) is 11.0. The van der Waals surface area contributed by atoms with E-state index in [0.717, 1.165) is 34.4 Å². The summed E-state index contributed by atoms with van der Waals surface area (Å²) in [5.41, 5.74) is 4.01. The van der Waals surface area contributed by atoms with E-state index in [1.807, 2.05) is 42.7 Å². The summed E-state index contributed by atoms with van der Waals surface area (Å²) in [6, 6.07) is 10.2. The number of amides is 1. The van der Waals surface area contributed by atoms with Gasteiger partial charge in [-0.1, -0.05) is 51.1 Å². The average molecular weight is 490 g/mol. The number of aliphatic carboxylic acids is 1. The maximum Gasteiger partial charge on any atom is 0.326 e. The first kappa shape index (κ1) is 24.8. The molecule has 3 aromatic rings. The van der Waals surface area contributed by atoms with Gasteiger partial charge in [-0.05, 0) is 54.4 Å². The van der Waals surface area contributed by atoms with Gasteiger partial charge in [0.05, 0.1) is 4.88 Å². The van der Waals surface area contributed by atoms with Gasteiger partial charge in [-0.15, -0.1) is 11.3 Å². The van der Waals surface area contributed by atoms with Crippen molar-refractivity contribution in [3.05, 3.63) is 75.7 Å². The molecule has 2 heterocycles. The number of aromatic nitrogens is 2. The fraction of sp³-hybridized carbons (Fsp3) is 0.357. The Hall–Kier alpha value is -3.32. The zero-order valence-electron chi connectivity index (χ0n) is 20.4. The molecule has 0 aliphatic heterocycles. The number of hydrogen-bond acceptors (Lipinski definition) is 5. The highest BCUT2D eigenvalue weighted by molar-refractivity contribution is 7.14. The summed E-state index contributed by atoms with van der Waals surface area (Å²) in [4.78, 5) is 35.2. The molecule has 0 saturated heterocycles. The number of rotatable bonds is 7. The highest BCUT2D eigenvalue weighted by Crippen LogP contribution is 2.30. The lowest BCUT2D eigenvalue weighted by atomic mass is 9.95. The van der Waals surface area contributed by atoms with Crippen LogP contribution in [0.4, 0.5) is 0 Å². The maximum atomic E-state index is 12.7. The molecule has 0 radical (unpaired) electrons. The molecule has 0 spiro atoms. The SMILES string of the molecule is CC(C)(C)c1ccc(C(=O)NC(Cc2ccc(-c3ncc(C4=CCCCC4)cn3)cc2)C(=O)O)s1. The Labute approximate surface area is 210 Å². The molecule has 1 unspecified atom stereocenters. The normalized spacial score (nSPS) is 14.8. The van der Waals surface area contributed by atoms with Gasteiger partial charge in [-0.3, -0.25) is 4.79 Å². The maximum absolute atomic E-state index is 12.7. The first-order chi connectivity index (χ1) is 16.7. The standard InChI is InChI=1S/C28H31N3O3S/c1-28(2,3)24-14-13-23(35-24)26(32)31-22(27(33)34)15-18-9-11-20(12-10-18)25-29-16-21(17-30-25)19-7-5-4-6-8-19/h7,9-14,16-17,22H,4-6,8,15H2,1-3H3,(H,31,32)(H,33,34). The first-order valence-electron chi connectivity index (χ1n) is 12.0. The van der Waals surface area contributed by atoms with Gasteiger partial charge in [0, 0.05) is 34.8 Å². The van der Waals surface area contributed by atoms with Crippen molar-refractivity contribution in [3.63, 3.8) is 0 Å². The van der Waals surface area contributed by atoms with Gasteiger partial charge in [0.2, 0.25) is 0 Å². The van der Waals surface area contributed by atoms with Crippen LogP contribution in [-0.2, 0) is 16.6 Å². The van der Waals surface area contributed by atoms with Crippen LogP contribution in [0.1, 0.15) is 72.1 Å². The molecule has 6 nitrogen and oxygen atoms in total. The molecule has 0 saturated carbocycles. The third-order valence-electron chi connectivity index (χ3n) is 6.14. The van der Waals surface area contributed by atoms with Gasteiger partial charge in [0.1, 0.15) is 6.04 Å². The number of thiophene rings is 1. The predicted octanol–water partition coefficient (Wildman–Crippen LogP) is 5.89. The lowest BCUT2D eigenvalue weighted by Gasteiger charge is -2.16. The second kappa shape index (κ2) is 10.5. The lowest BCUT2D eigenvalue weighted by molar-refractivity contribution is -0.139. The second-order valence-electron chi connectivity index (χ2n) is 9.95. The van der Waals surface area contributed by atoms with Gasteiger partial charge in [-0.25, -0.2) is 14.8 Å². The molecule has 182 valence electrons. The van der Waals surface area contributed by atoms with Crippen LogP contribution in [0.25, 0.3) is 17.0 Å². The number of carboxylic acids is 1. The van der Waals surface area contributed by atoms with Crippen molar-refractivity contribution in [1.82, 2.24) is 15.3 Å². The molecule has 4 rings (SSSR count). The summed E-state index contributed by atoms with van der Waals surface area (Å²) in [7, 11) is 0. The lowest BCUT2D eigenvalue weighted by Crippen LogP contribution is -2.42. The third kappa shape index (κ3) is 6.22. The van der Waals surface area contributed by atoms with Gasteiger partial charge in [0.25, 0.3) is 5.91 Å². The van der Waals surface area contributed by atoms with Crippen molar-refractivity contribution >= 4 is 28.8 Å². The number of carbonyl (C=O) groups is 2. The summed E-state index contributed by atoms with van der Waals surface area (Å²) in [5.74, 6) is -0.797. The third-order valence-corrected chi connectivity index (χ3v) is 7.65. The molecule has 1 aromatic carbocycles. The van der Waals surface area contributed by atoms with Crippen LogP contribution in [0.2, 0.25) is 0 Å². The zero-order chi connectivity index (χ0) is 25.0. The van der Waals surface area contributed by atoms with Crippen LogP contribution in [-0.4, -0.2) is 33.0 Å². The molecule has 0 bridgehead atoms. The highest BCUT2D eigenvalue weighted by atomic mass is 32.1. The van der Waals surface area contributed by atoms with E-state index in [2.05, 4.69) is 42.1 Å². The summed E-state index contributed by atoms with van der Waals surface area (Å²) in [5, 5.41) is 12.4. The summed E-state index contributed by atoms with van der Waals surface area (Å²) in [6.07, 6.45) is 10.8. The first-order valence-corrected chi connectivity index (χ1v) is 12.8. The Kier molecular flexibility index (Phi) is 7.45. The van der Waals surface area contributed by atoms with Crippen molar-refractivity contribution in [3.8, 4) is 11.4 Å². The van der Waals surface area contributed by atoms with E-state index in [1.165, 1.54) is 29.8 Å². The van der Waals surface area contributed by atoms with Crippen molar-refractivity contribution in [2.24, 2.45) is 0 Å². The molecule has 1 atom stereocenters. The molecule has 1 amide bonds. The van der Waals surface area contributed by atoms with Crippen LogP contribution in [0.15, 0.2) is 54.9 Å². The van der Waals surface area contributed by atoms with Gasteiger partial charge < -0.3 is 10.4 Å². The van der Waals surface area contributed by atoms with E-state index >= 15 is 0 Å². The molecule has 2 aromatic heterocycles. The van der Waals surface area contributed by atoms with Gasteiger partial charge in [0.15, 0.2) is 5.82 Å². The molecular formula is C28H31N3O3S. The number of carbonyl (C=O) groups excluding carboxylic acids is 1. The van der Waals surface area contributed by atoms with Gasteiger partial charge >= 0.3 is 5.97 Å². The summed E-state index contributed by atoms with van der Waals surface area (Å²) in [6.45, 7) is 6.24. The van der Waals surface area contributed by atoms with Crippen molar-refractivity contribution < 1.29 is 14.7 Å². The summed E-state index contributed by atoms with van der Waals surface area (Å²) >= 11 is 1.40. The van der Waals surface area contributed by atoms with Crippen molar-refractivity contribution in [2.45, 2.75) is 64.3 Å². The number of allylic oxidation sites excluding steroid dienone is 2. The molecule has 0 fully saturated rings. The Bertz CT molecular complexity index is 1220. The topological polar surface area (TPSA) is 92.2 Å². The summed E-state index contributed by atoms with van der Waals surface area (Å²) < 4.78 is 0. The fourth-order valence-electron chi connectivity index (χ4n) is 4.06. The quantitative estimate of drug-likeness (QED) is 0.432. The van der Waals surface area contributed by atoms with Gasteiger partial charge in [-0.2, -0.15) is 0 Å². The molecule has 7 heteroatoms. The molecular weight excluding hydrogens is 458 g/mol. The Balaban J connectivity index is 1.41. The molecule has 1 aliphatic rings. The number of nitrogens with zero attached hydrogens (tertiary/aromatic N) is 2. The Morgan fingerprint density at radius 2 is 1.74 bits per heavy atom. The van der Waals surface area contributed by atoms with Crippen LogP contribution in [0.3, 0.4) is 0 Å². The smallest absolute Gasteiger partial charge is 0.326 e. The van der Waals surface area contributed by atoms with E-state index in [0.29, 0.717) is 10.7 Å². The van der Waals surface area contributed by atoms with E-state index < -0.39 is 12.0 Å². The number of hydrogen-bond donors (Lipinski definition) is 2. The van der Waals surface area contributed by atoms with E-state index in [-0.39, 0.29) is 17.7 Å².